The van der Waals surface area contributed by atoms with Gasteiger partial charge in [0.25, 0.3) is 0 Å². The number of carbonyl (C=O) groups is 5. The molecule has 4 aromatic carbocycles. The van der Waals surface area contributed by atoms with Crippen molar-refractivity contribution in [1.82, 2.24) is 0 Å². The molecule has 4 aliphatic carbocycles. The van der Waals surface area contributed by atoms with Crippen molar-refractivity contribution in [3.63, 3.8) is 0 Å². The smallest absolute Gasteiger partial charge is 0.344 e. The molecule has 0 aliphatic heterocycles. The number of ketones is 1. The summed E-state index contributed by atoms with van der Waals surface area (Å²) < 4.78 is 48.8. The zero-order valence-electron chi connectivity index (χ0n) is 48.4. The largest absolute Gasteiger partial charge is 0.480 e. The minimum atomic E-state index is -1.85. The second kappa shape index (κ2) is 27.6. The van der Waals surface area contributed by atoms with E-state index in [9.17, 15) is 24.0 Å². The molecule has 0 spiro atoms. The summed E-state index contributed by atoms with van der Waals surface area (Å²) in [5, 5.41) is 1.39. The highest BCUT2D eigenvalue weighted by molar-refractivity contribution is 6.45. The summed E-state index contributed by atoms with van der Waals surface area (Å²) >= 11 is 75.6. The minimum Gasteiger partial charge on any atom is -0.480 e. The molecule has 3 fully saturated rings. The molecule has 25 heteroatoms. The number of hydrogen-bond donors (Lipinski definition) is 0. The Morgan fingerprint density at radius 3 is 1.41 bits per heavy atom. The monoisotopic (exact) mass is 1430 g/mol. The van der Waals surface area contributed by atoms with Crippen LogP contribution in [-0.4, -0.2) is 80.0 Å². The SMILES string of the molecule is C[C@H](C[C@H](OC(=O)COc1cc(Cl)c(Cl)cc1Cl)[C@@H](OC(=O)COc1cc(Cl)c(Cl)cc1Cl)C(C)(C)OC(=O)COc1cc(Cl)c(Cl)cc1Cl)C1=C2C[C@H](OC(=O)COc3cc(Cl)c(Cl)cc3Cl)[C@H]3[C@@]4(C)CCC(=O)C(C)(C)[C@@H]4CC[C@]3(C)[C@@]2(C)CC1. The predicted molar refractivity (Wildman–Crippen MR) is 341 cm³/mol. The summed E-state index contributed by atoms with van der Waals surface area (Å²) in [5.41, 5.74) is -1.85. The summed E-state index contributed by atoms with van der Waals surface area (Å²) in [5.74, 6) is -3.91. The molecule has 0 bridgehead atoms. The number of Topliss-reactive ketones (excluding diaryl/α,β-unsaturated/α-hetero) is 1. The van der Waals surface area contributed by atoms with E-state index >= 15 is 0 Å². The molecule has 0 unspecified atom stereocenters. The summed E-state index contributed by atoms with van der Waals surface area (Å²) in [4.78, 5) is 70.7. The maximum Gasteiger partial charge on any atom is 0.344 e. The summed E-state index contributed by atoms with van der Waals surface area (Å²) in [6.07, 6.45) is 0.255. The first-order chi connectivity index (χ1) is 40.6. The fraction of sp³-hybridized carbons (Fsp3) is 0.500. The molecule has 0 aromatic heterocycles. The average molecular weight is 1440 g/mol. The minimum absolute atomic E-state index is 0.00486. The highest BCUT2D eigenvalue weighted by Crippen LogP contribution is 2.75. The van der Waals surface area contributed by atoms with Gasteiger partial charge < -0.3 is 37.9 Å². The van der Waals surface area contributed by atoms with E-state index in [2.05, 4.69) is 20.8 Å². The lowest BCUT2D eigenvalue weighted by atomic mass is 9.36. The van der Waals surface area contributed by atoms with E-state index in [1.807, 2.05) is 20.8 Å². The van der Waals surface area contributed by atoms with Crippen molar-refractivity contribution in [3.05, 3.63) is 120 Å². The van der Waals surface area contributed by atoms with Gasteiger partial charge >= 0.3 is 23.9 Å². The standard InChI is InChI=1S/C62H62Cl12O13/c1-29(30-9-13-61(7)31(30)16-48(84-52(76)25-80-44-21-36(67)32(63)17-40(44)71)56-60(6)12-11-51(75)58(2,3)50(60)10-14-62(56,61)8)15-49(85-53(77)26-81-45-22-37(68)33(64)18-41(45)72)57(86-54(78)27-82-46-23-38(69)34(65)19-42(46)73)59(4,5)87-55(79)28-83-47-24-39(70)35(66)20-43(47)74/h17-24,29,48-50,56-57H,9-16,25-28H2,1-8H3/t29-,48+,49+,50+,56+,57-,60+,61+,62+/m1/s1. The zero-order chi connectivity index (χ0) is 64.0. The van der Waals surface area contributed by atoms with Gasteiger partial charge in [-0.05, 0) is 105 Å². The highest BCUT2D eigenvalue weighted by Gasteiger charge is 2.70. The normalized spacial score (nSPS) is 24.1. The Morgan fingerprint density at radius 1 is 0.540 bits per heavy atom. The fourth-order valence-corrected chi connectivity index (χ4v) is 16.5. The van der Waals surface area contributed by atoms with Crippen molar-refractivity contribution in [2.45, 2.75) is 131 Å². The fourth-order valence-electron chi connectivity index (χ4n) is 14.1. The number of allylic oxidation sites excluding steroid dienone is 1. The second-order valence-corrected chi connectivity index (χ2v) is 29.2. The number of carbonyl (C=O) groups excluding carboxylic acids is 5. The molecule has 0 saturated heterocycles. The molecule has 0 heterocycles. The molecule has 0 radical (unpaired) electrons. The first kappa shape index (κ1) is 69.7. The van der Waals surface area contributed by atoms with Crippen LogP contribution in [0, 0.1) is 39.4 Å². The van der Waals surface area contributed by atoms with Crippen molar-refractivity contribution >= 4 is 169 Å². The quantitative estimate of drug-likeness (QED) is 0.0336. The van der Waals surface area contributed by atoms with Gasteiger partial charge in [-0.2, -0.15) is 0 Å². The van der Waals surface area contributed by atoms with Gasteiger partial charge in [0.1, 0.15) is 46.6 Å². The van der Waals surface area contributed by atoms with Crippen molar-refractivity contribution in [3.8, 4) is 23.0 Å². The third-order valence-corrected chi connectivity index (χ3v) is 22.4. The molecular weight excluding hydrogens is 1380 g/mol. The molecule has 0 amide bonds. The maximum absolute atomic E-state index is 14.4. The Labute approximate surface area is 565 Å². The van der Waals surface area contributed by atoms with Gasteiger partial charge in [-0.3, -0.25) is 4.79 Å². The van der Waals surface area contributed by atoms with Crippen LogP contribution in [0.4, 0.5) is 0 Å². The zero-order valence-corrected chi connectivity index (χ0v) is 57.5. The number of hydrogen-bond acceptors (Lipinski definition) is 13. The Kier molecular flexibility index (Phi) is 22.1. The van der Waals surface area contributed by atoms with Gasteiger partial charge in [0, 0.05) is 48.4 Å². The molecule has 4 aliphatic rings. The lowest BCUT2D eigenvalue weighted by Gasteiger charge is -2.69. The molecule has 8 rings (SSSR count). The molecular formula is C62H62Cl12O13. The molecule has 4 aromatic rings. The Bertz CT molecular complexity index is 3410. The van der Waals surface area contributed by atoms with Gasteiger partial charge in [-0.25, -0.2) is 19.2 Å². The maximum atomic E-state index is 14.4. The van der Waals surface area contributed by atoms with Crippen LogP contribution in [0.1, 0.15) is 107 Å². The highest BCUT2D eigenvalue weighted by atomic mass is 35.5. The first-order valence-corrected chi connectivity index (χ1v) is 32.3. The van der Waals surface area contributed by atoms with Crippen LogP contribution in [0.2, 0.25) is 60.3 Å². The van der Waals surface area contributed by atoms with Gasteiger partial charge in [0.15, 0.2) is 32.5 Å². The molecule has 3 saturated carbocycles. The third kappa shape index (κ3) is 14.9. The number of halogens is 12. The van der Waals surface area contributed by atoms with E-state index in [0.717, 1.165) is 24.0 Å². The first-order valence-electron chi connectivity index (χ1n) is 27.8. The molecule has 472 valence electrons. The van der Waals surface area contributed by atoms with Crippen LogP contribution < -0.4 is 18.9 Å². The van der Waals surface area contributed by atoms with Gasteiger partial charge in [0.05, 0.1) is 60.3 Å². The lowest BCUT2D eigenvalue weighted by Crippen LogP contribution is -2.66. The number of ether oxygens (including phenoxy) is 8. The van der Waals surface area contributed by atoms with E-state index in [1.54, 1.807) is 0 Å². The second-order valence-electron chi connectivity index (χ2n) is 24.3. The molecule has 0 N–H and O–H groups in total. The van der Waals surface area contributed by atoms with E-state index < -0.39 is 102 Å². The summed E-state index contributed by atoms with van der Waals surface area (Å²) in [7, 11) is 0. The topological polar surface area (TPSA) is 159 Å². The number of esters is 4. The van der Waals surface area contributed by atoms with Crippen molar-refractivity contribution in [2.24, 2.45) is 39.4 Å². The Balaban J connectivity index is 1.17. The van der Waals surface area contributed by atoms with E-state index in [4.69, 9.17) is 177 Å². The number of benzene rings is 4. The average Bonchev–Trinajstić information content (AvgIpc) is 1.67. The summed E-state index contributed by atoms with van der Waals surface area (Å²) in [6, 6.07) is 10.9. The van der Waals surface area contributed by atoms with Crippen LogP contribution in [0.15, 0.2) is 59.7 Å². The van der Waals surface area contributed by atoms with Crippen LogP contribution in [0.3, 0.4) is 0 Å². The van der Waals surface area contributed by atoms with Gasteiger partial charge in [-0.1, -0.05) is 192 Å². The van der Waals surface area contributed by atoms with Crippen LogP contribution in [-0.2, 0) is 42.9 Å². The van der Waals surface area contributed by atoms with Crippen LogP contribution in [0.25, 0.3) is 0 Å². The third-order valence-electron chi connectivity index (χ3n) is 18.3. The van der Waals surface area contributed by atoms with Crippen LogP contribution >= 0.6 is 139 Å². The number of fused-ring (bicyclic) bond motifs is 5. The molecule has 9 atom stereocenters. The summed E-state index contributed by atoms with van der Waals surface area (Å²) in [6.45, 7) is 13.0. The van der Waals surface area contributed by atoms with Crippen molar-refractivity contribution in [1.29, 1.82) is 0 Å². The van der Waals surface area contributed by atoms with E-state index in [-0.39, 0.29) is 107 Å². The van der Waals surface area contributed by atoms with E-state index in [0.29, 0.717) is 32.1 Å². The number of rotatable bonds is 21. The Morgan fingerprint density at radius 2 is 0.954 bits per heavy atom. The van der Waals surface area contributed by atoms with Crippen molar-refractivity contribution in [2.75, 3.05) is 26.4 Å². The molecule has 87 heavy (non-hydrogen) atoms. The lowest BCUT2D eigenvalue weighted by molar-refractivity contribution is -0.218. The van der Waals surface area contributed by atoms with Crippen LogP contribution in [0.5, 0.6) is 23.0 Å². The Hall–Kier alpha value is -3.15. The molecule has 13 nitrogen and oxygen atoms in total. The van der Waals surface area contributed by atoms with E-state index in [1.165, 1.54) is 62.4 Å². The van der Waals surface area contributed by atoms with Gasteiger partial charge in [0.2, 0.25) is 0 Å². The van der Waals surface area contributed by atoms with Crippen molar-refractivity contribution < 1.29 is 61.9 Å². The predicted octanol–water partition coefficient (Wildman–Crippen LogP) is 19.2. The van der Waals surface area contributed by atoms with Gasteiger partial charge in [-0.15, -0.1) is 0 Å².